The minimum atomic E-state index is -0.488. The highest BCUT2D eigenvalue weighted by Crippen LogP contribution is 2.21. The third kappa shape index (κ3) is 3.17. The van der Waals surface area contributed by atoms with Gasteiger partial charge in [0.15, 0.2) is 0 Å². The van der Waals surface area contributed by atoms with E-state index >= 15 is 0 Å². The van der Waals surface area contributed by atoms with Gasteiger partial charge in [-0.25, -0.2) is 0 Å². The van der Waals surface area contributed by atoms with E-state index in [1.54, 1.807) is 24.3 Å². The Labute approximate surface area is 119 Å². The molecule has 3 N–H and O–H groups in total. The van der Waals surface area contributed by atoms with Crippen LogP contribution in [0.1, 0.15) is 37.0 Å². The van der Waals surface area contributed by atoms with E-state index < -0.39 is 5.54 Å². The maximum Gasteiger partial charge on any atom is 0.251 e. The average molecular weight is 275 g/mol. The fraction of sp³-hybridized carbons (Fsp3) is 0.467. The zero-order valence-electron chi connectivity index (χ0n) is 12.0. The lowest BCUT2D eigenvalue weighted by atomic mass is 9.99. The smallest absolute Gasteiger partial charge is 0.251 e. The summed E-state index contributed by atoms with van der Waals surface area (Å²) in [6.07, 6.45) is 1.86. The first-order valence-electron chi connectivity index (χ1n) is 7.00. The summed E-state index contributed by atoms with van der Waals surface area (Å²) in [6, 6.07) is 6.93. The Hall–Kier alpha value is -1.88. The average Bonchev–Trinajstić information content (AvgIpc) is 2.88. The highest BCUT2D eigenvalue weighted by molar-refractivity contribution is 5.99. The zero-order valence-corrected chi connectivity index (χ0v) is 12.0. The molecule has 2 amide bonds. The van der Waals surface area contributed by atoms with Crippen LogP contribution < -0.4 is 16.0 Å². The van der Waals surface area contributed by atoms with Gasteiger partial charge in [0, 0.05) is 17.8 Å². The number of carbonyl (C=O) groups is 2. The summed E-state index contributed by atoms with van der Waals surface area (Å²) < 4.78 is 0. The van der Waals surface area contributed by atoms with Crippen LogP contribution in [0.15, 0.2) is 24.3 Å². The van der Waals surface area contributed by atoms with Crippen LogP contribution in [-0.4, -0.2) is 30.4 Å². The van der Waals surface area contributed by atoms with Crippen molar-refractivity contribution in [2.24, 2.45) is 0 Å². The standard InChI is InChI=1S/C15H21N3O2/c1-3-16-13(19)11-5-7-12(8-6-11)18-14(20)15(2)9-4-10-17-15/h5-8,17H,3-4,9-10H2,1-2H3,(H,16,19)(H,18,20). The Bertz CT molecular complexity index is 490. The van der Waals surface area contributed by atoms with Crippen molar-refractivity contribution < 1.29 is 9.59 Å². The molecule has 0 spiro atoms. The molecule has 1 fully saturated rings. The Morgan fingerprint density at radius 2 is 2.00 bits per heavy atom. The first kappa shape index (κ1) is 14.5. The van der Waals surface area contributed by atoms with E-state index in [0.29, 0.717) is 17.8 Å². The Kier molecular flexibility index (Phi) is 4.39. The monoisotopic (exact) mass is 275 g/mol. The van der Waals surface area contributed by atoms with E-state index in [1.807, 2.05) is 13.8 Å². The molecule has 1 atom stereocenters. The van der Waals surface area contributed by atoms with Crippen molar-refractivity contribution in [3.63, 3.8) is 0 Å². The molecule has 1 heterocycles. The summed E-state index contributed by atoms with van der Waals surface area (Å²) in [5, 5.41) is 8.85. The maximum absolute atomic E-state index is 12.2. The van der Waals surface area contributed by atoms with Crippen molar-refractivity contribution in [3.8, 4) is 0 Å². The van der Waals surface area contributed by atoms with Crippen molar-refractivity contribution in [1.29, 1.82) is 0 Å². The molecule has 1 aliphatic heterocycles. The molecule has 0 aromatic heterocycles. The van der Waals surface area contributed by atoms with Crippen LogP contribution in [0.2, 0.25) is 0 Å². The molecule has 1 unspecified atom stereocenters. The lowest BCUT2D eigenvalue weighted by molar-refractivity contribution is -0.121. The predicted molar refractivity (Wildman–Crippen MR) is 78.7 cm³/mol. The summed E-state index contributed by atoms with van der Waals surface area (Å²) in [4.78, 5) is 23.8. The molecule has 20 heavy (non-hydrogen) atoms. The fourth-order valence-electron chi connectivity index (χ4n) is 2.33. The zero-order chi connectivity index (χ0) is 14.6. The van der Waals surface area contributed by atoms with Crippen molar-refractivity contribution in [2.45, 2.75) is 32.2 Å². The van der Waals surface area contributed by atoms with Gasteiger partial charge in [-0.3, -0.25) is 9.59 Å². The molecule has 1 saturated heterocycles. The molecule has 5 nitrogen and oxygen atoms in total. The number of rotatable bonds is 4. The van der Waals surface area contributed by atoms with Crippen molar-refractivity contribution in [3.05, 3.63) is 29.8 Å². The highest BCUT2D eigenvalue weighted by atomic mass is 16.2. The van der Waals surface area contributed by atoms with Crippen LogP contribution in [-0.2, 0) is 4.79 Å². The van der Waals surface area contributed by atoms with Gasteiger partial charge in [-0.2, -0.15) is 0 Å². The minimum absolute atomic E-state index is 0.0271. The SMILES string of the molecule is CCNC(=O)c1ccc(NC(=O)C2(C)CCCN2)cc1. The second kappa shape index (κ2) is 6.05. The number of hydrogen-bond acceptors (Lipinski definition) is 3. The van der Waals surface area contributed by atoms with Gasteiger partial charge in [-0.15, -0.1) is 0 Å². The molecule has 2 rings (SSSR count). The fourth-order valence-corrected chi connectivity index (χ4v) is 2.33. The van der Waals surface area contributed by atoms with E-state index in [-0.39, 0.29) is 11.8 Å². The molecular weight excluding hydrogens is 254 g/mol. The summed E-state index contributed by atoms with van der Waals surface area (Å²) in [7, 11) is 0. The van der Waals surface area contributed by atoms with Gasteiger partial charge in [-0.1, -0.05) is 0 Å². The van der Waals surface area contributed by atoms with E-state index in [4.69, 9.17) is 0 Å². The van der Waals surface area contributed by atoms with Gasteiger partial charge < -0.3 is 16.0 Å². The van der Waals surface area contributed by atoms with E-state index in [9.17, 15) is 9.59 Å². The van der Waals surface area contributed by atoms with Gasteiger partial charge in [0.05, 0.1) is 5.54 Å². The summed E-state index contributed by atoms with van der Waals surface area (Å²) in [6.45, 7) is 5.27. The molecule has 108 valence electrons. The van der Waals surface area contributed by atoms with Gasteiger partial charge in [0.25, 0.3) is 5.91 Å². The number of amides is 2. The van der Waals surface area contributed by atoms with Gasteiger partial charge in [0.1, 0.15) is 0 Å². The second-order valence-corrected chi connectivity index (χ2v) is 5.25. The number of hydrogen-bond donors (Lipinski definition) is 3. The molecule has 1 aromatic rings. The molecule has 0 saturated carbocycles. The van der Waals surface area contributed by atoms with Gasteiger partial charge in [-0.05, 0) is 57.5 Å². The first-order chi connectivity index (χ1) is 9.55. The molecule has 0 radical (unpaired) electrons. The minimum Gasteiger partial charge on any atom is -0.352 e. The van der Waals surface area contributed by atoms with Crippen LogP contribution in [0.5, 0.6) is 0 Å². The maximum atomic E-state index is 12.2. The third-order valence-electron chi connectivity index (χ3n) is 3.61. The van der Waals surface area contributed by atoms with E-state index in [2.05, 4.69) is 16.0 Å². The molecule has 0 aliphatic carbocycles. The topological polar surface area (TPSA) is 70.2 Å². The first-order valence-corrected chi connectivity index (χ1v) is 7.00. The Balaban J connectivity index is 2.00. The molecule has 1 aliphatic rings. The van der Waals surface area contributed by atoms with Crippen molar-refractivity contribution in [1.82, 2.24) is 10.6 Å². The van der Waals surface area contributed by atoms with E-state index in [1.165, 1.54) is 0 Å². The molecular formula is C15H21N3O2. The molecule has 5 heteroatoms. The number of benzene rings is 1. The van der Waals surface area contributed by atoms with Crippen molar-refractivity contribution >= 4 is 17.5 Å². The quantitative estimate of drug-likeness (QED) is 0.780. The summed E-state index contributed by atoms with van der Waals surface area (Å²) in [5.41, 5.74) is 0.811. The number of carbonyl (C=O) groups excluding carboxylic acids is 2. The lowest BCUT2D eigenvalue weighted by Crippen LogP contribution is -2.47. The normalized spacial score (nSPS) is 21.5. The molecule has 1 aromatic carbocycles. The lowest BCUT2D eigenvalue weighted by Gasteiger charge is -2.23. The highest BCUT2D eigenvalue weighted by Gasteiger charge is 2.35. The van der Waals surface area contributed by atoms with Gasteiger partial charge in [0.2, 0.25) is 5.91 Å². The van der Waals surface area contributed by atoms with Crippen LogP contribution in [0.3, 0.4) is 0 Å². The van der Waals surface area contributed by atoms with Crippen LogP contribution >= 0.6 is 0 Å². The van der Waals surface area contributed by atoms with Crippen molar-refractivity contribution in [2.75, 3.05) is 18.4 Å². The largest absolute Gasteiger partial charge is 0.352 e. The Morgan fingerprint density at radius 3 is 2.55 bits per heavy atom. The van der Waals surface area contributed by atoms with Gasteiger partial charge >= 0.3 is 0 Å². The second-order valence-electron chi connectivity index (χ2n) is 5.25. The number of nitrogens with one attached hydrogen (secondary N) is 3. The summed E-state index contributed by atoms with van der Waals surface area (Å²) in [5.74, 6) is -0.129. The Morgan fingerprint density at radius 1 is 1.30 bits per heavy atom. The summed E-state index contributed by atoms with van der Waals surface area (Å²) >= 11 is 0. The van der Waals surface area contributed by atoms with E-state index in [0.717, 1.165) is 19.4 Å². The predicted octanol–water partition coefficient (Wildman–Crippen LogP) is 1.52. The number of anilines is 1. The van der Waals surface area contributed by atoms with Crippen LogP contribution in [0, 0.1) is 0 Å². The third-order valence-corrected chi connectivity index (χ3v) is 3.61. The van der Waals surface area contributed by atoms with Crippen LogP contribution in [0.4, 0.5) is 5.69 Å². The van der Waals surface area contributed by atoms with Crippen LogP contribution in [0.25, 0.3) is 0 Å². The molecule has 0 bridgehead atoms.